The molecule has 3 aromatic rings. The van der Waals surface area contributed by atoms with Crippen molar-refractivity contribution in [1.29, 1.82) is 0 Å². The Kier molecular flexibility index (Phi) is 11.7. The van der Waals surface area contributed by atoms with Crippen molar-refractivity contribution >= 4 is 58.4 Å². The second-order valence-electron chi connectivity index (χ2n) is 8.86. The maximum atomic E-state index is 13.7. The van der Waals surface area contributed by atoms with E-state index in [0.717, 1.165) is 23.1 Å². The summed E-state index contributed by atoms with van der Waals surface area (Å²) in [5.41, 5.74) is 2.67. The number of rotatable bonds is 12. The van der Waals surface area contributed by atoms with Crippen LogP contribution >= 0.6 is 46.6 Å². The van der Waals surface area contributed by atoms with Gasteiger partial charge in [-0.05, 0) is 48.2 Å². The molecule has 2 amide bonds. The summed E-state index contributed by atoms with van der Waals surface area (Å²) < 4.78 is 0. The van der Waals surface area contributed by atoms with E-state index in [0.29, 0.717) is 27.2 Å². The number of amides is 2. The molecule has 0 bridgehead atoms. The Morgan fingerprint density at radius 1 is 0.919 bits per heavy atom. The summed E-state index contributed by atoms with van der Waals surface area (Å²) in [6.45, 7) is 4.21. The van der Waals surface area contributed by atoms with Gasteiger partial charge in [-0.1, -0.05) is 96.3 Å². The van der Waals surface area contributed by atoms with Gasteiger partial charge in [0.05, 0.1) is 5.75 Å². The third-order valence-electron chi connectivity index (χ3n) is 6.07. The van der Waals surface area contributed by atoms with Crippen LogP contribution in [0.2, 0.25) is 15.1 Å². The van der Waals surface area contributed by atoms with Gasteiger partial charge in [-0.25, -0.2) is 0 Å². The number of hydrogen-bond acceptors (Lipinski definition) is 3. The molecule has 4 nitrogen and oxygen atoms in total. The zero-order chi connectivity index (χ0) is 26.8. The lowest BCUT2D eigenvalue weighted by atomic mass is 10.0. The molecule has 0 saturated heterocycles. The Labute approximate surface area is 238 Å². The molecule has 1 N–H and O–H groups in total. The monoisotopic (exact) mass is 576 g/mol. The molecule has 0 radical (unpaired) electrons. The maximum Gasteiger partial charge on any atom is 0.243 e. The smallest absolute Gasteiger partial charge is 0.243 e. The van der Waals surface area contributed by atoms with E-state index in [-0.39, 0.29) is 30.2 Å². The highest BCUT2D eigenvalue weighted by molar-refractivity contribution is 7.99. The first-order valence-corrected chi connectivity index (χ1v) is 14.5. The highest BCUT2D eigenvalue weighted by atomic mass is 35.5. The first-order chi connectivity index (χ1) is 17.8. The van der Waals surface area contributed by atoms with Crippen molar-refractivity contribution in [2.75, 3.05) is 5.75 Å². The van der Waals surface area contributed by atoms with Crippen molar-refractivity contribution < 1.29 is 9.59 Å². The molecule has 0 aromatic heterocycles. The van der Waals surface area contributed by atoms with E-state index < -0.39 is 6.04 Å². The third-order valence-corrected chi connectivity index (χ3v) is 7.99. The number of hydrogen-bond donors (Lipinski definition) is 1. The van der Waals surface area contributed by atoms with Crippen LogP contribution in [0.3, 0.4) is 0 Å². The number of nitrogens with one attached hydrogen (secondary N) is 1. The summed E-state index contributed by atoms with van der Waals surface area (Å²) in [7, 11) is 0. The molecule has 0 aliphatic heterocycles. The molecule has 0 aliphatic carbocycles. The minimum atomic E-state index is -0.695. The van der Waals surface area contributed by atoms with Gasteiger partial charge < -0.3 is 10.2 Å². The molecule has 0 unspecified atom stereocenters. The minimum Gasteiger partial charge on any atom is -0.352 e. The number of nitrogens with zero attached hydrogens (tertiary/aromatic N) is 1. The lowest BCUT2D eigenvalue weighted by molar-refractivity contribution is -0.139. The van der Waals surface area contributed by atoms with Crippen LogP contribution in [-0.2, 0) is 28.3 Å². The zero-order valence-corrected chi connectivity index (χ0v) is 24.0. The molecular formula is C29H31Cl3N2O2S. The topological polar surface area (TPSA) is 49.4 Å². The van der Waals surface area contributed by atoms with Crippen LogP contribution in [0, 0.1) is 0 Å². The molecule has 196 valence electrons. The van der Waals surface area contributed by atoms with Crippen molar-refractivity contribution in [3.63, 3.8) is 0 Å². The van der Waals surface area contributed by atoms with Gasteiger partial charge in [-0.3, -0.25) is 9.59 Å². The van der Waals surface area contributed by atoms with Crippen LogP contribution in [0.4, 0.5) is 0 Å². The van der Waals surface area contributed by atoms with Crippen molar-refractivity contribution in [3.8, 4) is 0 Å². The number of carbonyl (C=O) groups excluding carboxylic acids is 2. The van der Waals surface area contributed by atoms with Crippen molar-refractivity contribution in [2.45, 2.75) is 51.1 Å². The number of benzene rings is 3. The molecule has 3 aromatic carbocycles. The number of thioether (sulfide) groups is 1. The first kappa shape index (κ1) is 29.4. The molecule has 0 aliphatic rings. The zero-order valence-electron chi connectivity index (χ0n) is 20.9. The second kappa shape index (κ2) is 14.7. The van der Waals surface area contributed by atoms with Crippen LogP contribution in [0.25, 0.3) is 0 Å². The van der Waals surface area contributed by atoms with Gasteiger partial charge in [0.25, 0.3) is 0 Å². The third kappa shape index (κ3) is 8.96. The Bertz CT molecular complexity index is 1190. The van der Waals surface area contributed by atoms with E-state index in [1.165, 1.54) is 11.8 Å². The Morgan fingerprint density at radius 2 is 1.62 bits per heavy atom. The van der Waals surface area contributed by atoms with E-state index in [4.69, 9.17) is 34.8 Å². The minimum absolute atomic E-state index is 0.00976. The van der Waals surface area contributed by atoms with Gasteiger partial charge in [0.15, 0.2) is 0 Å². The molecule has 2 atom stereocenters. The molecule has 0 fully saturated rings. The molecule has 0 saturated carbocycles. The molecular weight excluding hydrogens is 547 g/mol. The fourth-order valence-electron chi connectivity index (χ4n) is 3.78. The van der Waals surface area contributed by atoms with E-state index >= 15 is 0 Å². The highest BCUT2D eigenvalue weighted by Gasteiger charge is 2.31. The molecule has 3 rings (SSSR count). The van der Waals surface area contributed by atoms with Crippen molar-refractivity contribution in [1.82, 2.24) is 10.2 Å². The number of carbonyl (C=O) groups is 2. The van der Waals surface area contributed by atoms with Crippen molar-refractivity contribution in [3.05, 3.63) is 105 Å². The molecule has 37 heavy (non-hydrogen) atoms. The molecule has 0 spiro atoms. The van der Waals surface area contributed by atoms with E-state index in [2.05, 4.69) is 5.32 Å². The number of halogens is 3. The van der Waals surface area contributed by atoms with Gasteiger partial charge in [0, 0.05) is 39.8 Å². The summed E-state index contributed by atoms with van der Waals surface area (Å²) in [5.74, 6) is 0.412. The van der Waals surface area contributed by atoms with Gasteiger partial charge in [-0.15, -0.1) is 11.8 Å². The lowest BCUT2D eigenvalue weighted by Gasteiger charge is -2.32. The predicted octanol–water partition coefficient (Wildman–Crippen LogP) is 7.43. The average Bonchev–Trinajstić information content (AvgIpc) is 2.88. The largest absolute Gasteiger partial charge is 0.352 e. The van der Waals surface area contributed by atoms with Gasteiger partial charge in [-0.2, -0.15) is 0 Å². The van der Waals surface area contributed by atoms with Crippen LogP contribution < -0.4 is 5.32 Å². The van der Waals surface area contributed by atoms with Crippen molar-refractivity contribution in [2.24, 2.45) is 0 Å². The highest BCUT2D eigenvalue weighted by Crippen LogP contribution is 2.26. The van der Waals surface area contributed by atoms with Crippen LogP contribution in [0.15, 0.2) is 72.8 Å². The first-order valence-electron chi connectivity index (χ1n) is 12.2. The summed E-state index contributed by atoms with van der Waals surface area (Å²) in [4.78, 5) is 28.9. The normalized spacial score (nSPS) is 12.6. The Hall–Kier alpha value is -2.18. The summed E-state index contributed by atoms with van der Waals surface area (Å²) in [5, 5.41) is 4.77. The van der Waals surface area contributed by atoms with Gasteiger partial charge in [0.2, 0.25) is 11.8 Å². The van der Waals surface area contributed by atoms with Crippen LogP contribution in [0.5, 0.6) is 0 Å². The predicted molar refractivity (Wildman–Crippen MR) is 156 cm³/mol. The second-order valence-corrected chi connectivity index (χ2v) is 11.1. The fraction of sp³-hybridized carbons (Fsp3) is 0.310. The summed E-state index contributed by atoms with van der Waals surface area (Å²) in [6, 6.07) is 21.8. The van der Waals surface area contributed by atoms with E-state index in [1.54, 1.807) is 23.1 Å². The quantitative estimate of drug-likeness (QED) is 0.243. The fourth-order valence-corrected chi connectivity index (χ4v) is 5.44. The Balaban J connectivity index is 1.87. The average molecular weight is 578 g/mol. The lowest BCUT2D eigenvalue weighted by Crippen LogP contribution is -2.52. The summed E-state index contributed by atoms with van der Waals surface area (Å²) in [6.07, 6.45) is 1.19. The molecule has 0 heterocycles. The van der Waals surface area contributed by atoms with E-state index in [9.17, 15) is 9.59 Å². The molecule has 8 heteroatoms. The van der Waals surface area contributed by atoms with Crippen LogP contribution in [0.1, 0.15) is 37.0 Å². The SMILES string of the molecule is CC[C@@H](C)NC(=O)[C@@H](Cc1ccccc1)N(Cc1ccccc1Cl)C(=O)CSCc1ccc(Cl)cc1Cl. The Morgan fingerprint density at radius 3 is 2.30 bits per heavy atom. The standard InChI is InChI=1S/C29H31Cl3N2O2S/c1-3-20(2)33-29(36)27(15-21-9-5-4-6-10-21)34(17-22-11-7-8-12-25(22)31)28(35)19-37-18-23-13-14-24(30)16-26(23)32/h4-14,16,20,27H,3,15,17-19H2,1-2H3,(H,33,36)/t20-,27-/m1/s1. The van der Waals surface area contributed by atoms with E-state index in [1.807, 2.05) is 68.4 Å². The van der Waals surface area contributed by atoms with Gasteiger partial charge >= 0.3 is 0 Å². The summed E-state index contributed by atoms with van der Waals surface area (Å²) >= 11 is 20.2. The van der Waals surface area contributed by atoms with Crippen LogP contribution in [-0.4, -0.2) is 34.6 Å². The maximum absolute atomic E-state index is 13.7. The van der Waals surface area contributed by atoms with Gasteiger partial charge in [0.1, 0.15) is 6.04 Å².